The number of rotatable bonds is 2. The summed E-state index contributed by atoms with van der Waals surface area (Å²) in [4.78, 5) is 4.31. The maximum absolute atomic E-state index is 4.31. The van der Waals surface area contributed by atoms with E-state index in [1.807, 2.05) is 6.08 Å². The fraction of sp³-hybridized carbons (Fsp3) is 0.571. The molecule has 0 aromatic rings. The van der Waals surface area contributed by atoms with Gasteiger partial charge >= 0.3 is 0 Å². The Labute approximate surface area is 55.7 Å². The first-order chi connectivity index (χ1) is 4.33. The van der Waals surface area contributed by atoms with Crippen molar-refractivity contribution in [2.45, 2.75) is 19.4 Å². The third-order valence-electron chi connectivity index (χ3n) is 1.32. The molecular formula is C7H12N2. The van der Waals surface area contributed by atoms with E-state index in [1.54, 1.807) is 0 Å². The minimum absolute atomic E-state index is 0.458. The average Bonchev–Trinajstić information content (AvgIpc) is 2.17. The third-order valence-corrected chi connectivity index (χ3v) is 1.32. The predicted molar refractivity (Wildman–Crippen MR) is 39.7 cm³/mol. The highest BCUT2D eigenvalue weighted by Crippen LogP contribution is 1.98. The van der Waals surface area contributed by atoms with Crippen LogP contribution >= 0.6 is 0 Å². The van der Waals surface area contributed by atoms with Gasteiger partial charge in [-0.15, -0.1) is 6.58 Å². The monoisotopic (exact) mass is 124 g/mol. The van der Waals surface area contributed by atoms with Crippen LogP contribution < -0.4 is 5.32 Å². The maximum Gasteiger partial charge on any atom is 0.101 e. The molecule has 0 aromatic heterocycles. The molecule has 0 bridgehead atoms. The number of hydrogen-bond donors (Lipinski definition) is 1. The van der Waals surface area contributed by atoms with E-state index in [1.165, 1.54) is 0 Å². The van der Waals surface area contributed by atoms with E-state index in [2.05, 4.69) is 23.8 Å². The smallest absolute Gasteiger partial charge is 0.101 e. The van der Waals surface area contributed by atoms with Crippen LogP contribution in [0.5, 0.6) is 0 Å². The zero-order valence-electron chi connectivity index (χ0n) is 5.72. The fourth-order valence-corrected chi connectivity index (χ4v) is 0.884. The molecule has 0 aromatic carbocycles. The second-order valence-electron chi connectivity index (χ2n) is 2.30. The van der Waals surface area contributed by atoms with Gasteiger partial charge < -0.3 is 5.32 Å². The highest BCUT2D eigenvalue weighted by atomic mass is 15.1. The molecule has 0 radical (unpaired) electrons. The first-order valence-electron chi connectivity index (χ1n) is 3.24. The lowest BCUT2D eigenvalue weighted by atomic mass is 10.4. The summed E-state index contributed by atoms with van der Waals surface area (Å²) in [6.07, 6.45) is 2.74. The molecule has 0 saturated heterocycles. The van der Waals surface area contributed by atoms with E-state index >= 15 is 0 Å². The van der Waals surface area contributed by atoms with Gasteiger partial charge in [0.15, 0.2) is 0 Å². The zero-order chi connectivity index (χ0) is 6.69. The van der Waals surface area contributed by atoms with Gasteiger partial charge in [-0.1, -0.05) is 6.08 Å². The van der Waals surface area contributed by atoms with Crippen molar-refractivity contribution < 1.29 is 0 Å². The van der Waals surface area contributed by atoms with Gasteiger partial charge in [-0.3, -0.25) is 4.99 Å². The molecule has 0 saturated carbocycles. The van der Waals surface area contributed by atoms with Crippen molar-refractivity contribution >= 4 is 5.84 Å². The minimum Gasteiger partial charge on any atom is -0.371 e. The number of amidine groups is 1. The van der Waals surface area contributed by atoms with Crippen LogP contribution in [0.2, 0.25) is 0 Å². The summed E-state index contributed by atoms with van der Waals surface area (Å²) in [5, 5.41) is 3.19. The molecule has 1 rings (SSSR count). The summed E-state index contributed by atoms with van der Waals surface area (Å²) in [6.45, 7) is 6.72. The lowest BCUT2D eigenvalue weighted by molar-refractivity contribution is 0.765. The SMILES string of the molecule is C=CCC1=NC(C)CN1. The van der Waals surface area contributed by atoms with Gasteiger partial charge in [0.25, 0.3) is 0 Å². The van der Waals surface area contributed by atoms with Crippen LogP contribution in [0.25, 0.3) is 0 Å². The first kappa shape index (κ1) is 6.33. The Morgan fingerprint density at radius 1 is 2.00 bits per heavy atom. The van der Waals surface area contributed by atoms with Crippen LogP contribution in [0.3, 0.4) is 0 Å². The van der Waals surface area contributed by atoms with Gasteiger partial charge in [-0.05, 0) is 6.92 Å². The normalized spacial score (nSPS) is 25.0. The van der Waals surface area contributed by atoms with E-state index < -0.39 is 0 Å². The highest BCUT2D eigenvalue weighted by molar-refractivity contribution is 5.85. The molecule has 1 N–H and O–H groups in total. The van der Waals surface area contributed by atoms with Crippen molar-refractivity contribution in [3.05, 3.63) is 12.7 Å². The molecule has 1 unspecified atom stereocenters. The first-order valence-corrected chi connectivity index (χ1v) is 3.24. The van der Waals surface area contributed by atoms with E-state index in [0.29, 0.717) is 6.04 Å². The Kier molecular flexibility index (Phi) is 1.88. The Hall–Kier alpha value is -0.790. The van der Waals surface area contributed by atoms with Crippen LogP contribution in [0.4, 0.5) is 0 Å². The second kappa shape index (κ2) is 2.67. The van der Waals surface area contributed by atoms with E-state index in [9.17, 15) is 0 Å². The zero-order valence-corrected chi connectivity index (χ0v) is 5.72. The van der Waals surface area contributed by atoms with Crippen molar-refractivity contribution in [1.82, 2.24) is 5.32 Å². The molecule has 50 valence electrons. The molecular weight excluding hydrogens is 112 g/mol. The molecule has 1 aliphatic heterocycles. The Morgan fingerprint density at radius 3 is 3.22 bits per heavy atom. The maximum atomic E-state index is 4.31. The van der Waals surface area contributed by atoms with Crippen LogP contribution in [0.15, 0.2) is 17.6 Å². The fourth-order valence-electron chi connectivity index (χ4n) is 0.884. The molecule has 0 fully saturated rings. The van der Waals surface area contributed by atoms with Crippen molar-refractivity contribution in [1.29, 1.82) is 0 Å². The standard InChI is InChI=1S/C7H12N2/c1-3-4-7-8-5-6(2)9-7/h3,6H,1,4-5H2,2H3,(H,8,9). The van der Waals surface area contributed by atoms with Gasteiger partial charge in [0.2, 0.25) is 0 Å². The lowest BCUT2D eigenvalue weighted by Gasteiger charge is -1.93. The van der Waals surface area contributed by atoms with Crippen LogP contribution in [-0.2, 0) is 0 Å². The molecule has 1 atom stereocenters. The second-order valence-corrected chi connectivity index (χ2v) is 2.30. The topological polar surface area (TPSA) is 24.4 Å². The Balaban J connectivity index is 2.41. The summed E-state index contributed by atoms with van der Waals surface area (Å²) in [5.74, 6) is 1.08. The average molecular weight is 124 g/mol. The van der Waals surface area contributed by atoms with Gasteiger partial charge in [0.05, 0.1) is 6.04 Å². The quantitative estimate of drug-likeness (QED) is 0.545. The Morgan fingerprint density at radius 2 is 2.78 bits per heavy atom. The van der Waals surface area contributed by atoms with Gasteiger partial charge in [-0.25, -0.2) is 0 Å². The number of aliphatic imine (C=N–C) groups is 1. The summed E-state index contributed by atoms with van der Waals surface area (Å²) in [7, 11) is 0. The highest BCUT2D eigenvalue weighted by Gasteiger charge is 2.08. The third kappa shape index (κ3) is 1.56. The van der Waals surface area contributed by atoms with Crippen LogP contribution in [-0.4, -0.2) is 18.4 Å². The van der Waals surface area contributed by atoms with E-state index in [0.717, 1.165) is 18.8 Å². The predicted octanol–water partition coefficient (Wildman–Crippen LogP) is 0.953. The molecule has 2 nitrogen and oxygen atoms in total. The van der Waals surface area contributed by atoms with Gasteiger partial charge in [-0.2, -0.15) is 0 Å². The van der Waals surface area contributed by atoms with Crippen LogP contribution in [0.1, 0.15) is 13.3 Å². The molecule has 0 amide bonds. The van der Waals surface area contributed by atoms with Gasteiger partial charge in [0.1, 0.15) is 5.84 Å². The largest absolute Gasteiger partial charge is 0.371 e. The van der Waals surface area contributed by atoms with Crippen molar-refractivity contribution in [2.24, 2.45) is 4.99 Å². The number of hydrogen-bond acceptors (Lipinski definition) is 2. The number of nitrogens with zero attached hydrogens (tertiary/aromatic N) is 1. The summed E-state index contributed by atoms with van der Waals surface area (Å²) in [5.41, 5.74) is 0. The molecule has 1 heterocycles. The summed E-state index contributed by atoms with van der Waals surface area (Å²) >= 11 is 0. The van der Waals surface area contributed by atoms with Gasteiger partial charge in [0, 0.05) is 13.0 Å². The van der Waals surface area contributed by atoms with E-state index in [-0.39, 0.29) is 0 Å². The summed E-state index contributed by atoms with van der Waals surface area (Å²) in [6, 6.07) is 0.458. The minimum atomic E-state index is 0.458. The lowest BCUT2D eigenvalue weighted by Crippen LogP contribution is -2.19. The molecule has 1 aliphatic rings. The summed E-state index contributed by atoms with van der Waals surface area (Å²) < 4.78 is 0. The van der Waals surface area contributed by atoms with Crippen molar-refractivity contribution in [2.75, 3.05) is 6.54 Å². The van der Waals surface area contributed by atoms with Crippen LogP contribution in [0, 0.1) is 0 Å². The molecule has 0 aliphatic carbocycles. The van der Waals surface area contributed by atoms with Crippen molar-refractivity contribution in [3.63, 3.8) is 0 Å². The molecule has 2 heteroatoms. The number of nitrogens with one attached hydrogen (secondary N) is 1. The molecule has 9 heavy (non-hydrogen) atoms. The molecule has 0 spiro atoms. The van der Waals surface area contributed by atoms with E-state index in [4.69, 9.17) is 0 Å². The van der Waals surface area contributed by atoms with Crippen molar-refractivity contribution in [3.8, 4) is 0 Å². The Bertz CT molecular complexity index is 138.